The van der Waals surface area contributed by atoms with Gasteiger partial charge in [0, 0.05) is 36.4 Å². The Morgan fingerprint density at radius 1 is 1.14 bits per heavy atom. The molecular weight excluding hydrogens is 288 g/mol. The number of carbonyl (C=O) groups is 2. The molecule has 0 aliphatic rings. The Labute approximate surface area is 125 Å². The summed E-state index contributed by atoms with van der Waals surface area (Å²) in [5, 5.41) is 13.3. The largest absolute Gasteiger partial charge is 0.427 e. The molecule has 2 aromatic rings. The maximum atomic E-state index is 12.1. The fourth-order valence-corrected chi connectivity index (χ4v) is 1.77. The van der Waals surface area contributed by atoms with Crippen LogP contribution in [0.25, 0.3) is 0 Å². The number of nitro groups is 1. The number of nitrogens with zero attached hydrogens (tertiary/aromatic N) is 1. The van der Waals surface area contributed by atoms with Gasteiger partial charge in [-0.25, -0.2) is 0 Å². The number of esters is 1. The lowest BCUT2D eigenvalue weighted by Gasteiger charge is -2.07. The first-order valence-corrected chi connectivity index (χ1v) is 6.30. The van der Waals surface area contributed by atoms with E-state index < -0.39 is 16.8 Å². The van der Waals surface area contributed by atoms with Gasteiger partial charge in [-0.2, -0.15) is 0 Å². The minimum absolute atomic E-state index is 0.159. The van der Waals surface area contributed by atoms with Crippen LogP contribution in [0.3, 0.4) is 0 Å². The van der Waals surface area contributed by atoms with Gasteiger partial charge in [0.25, 0.3) is 11.6 Å². The van der Waals surface area contributed by atoms with Crippen LogP contribution < -0.4 is 10.1 Å². The Hall–Kier alpha value is -3.22. The van der Waals surface area contributed by atoms with E-state index in [1.54, 1.807) is 18.2 Å². The molecule has 0 bridgehead atoms. The van der Waals surface area contributed by atoms with E-state index >= 15 is 0 Å². The summed E-state index contributed by atoms with van der Waals surface area (Å²) in [6, 6.07) is 11.7. The standard InChI is InChI=1S/C15H12N2O5/c1-10(18)22-14-7-3-5-12(9-14)16-15(19)11-4-2-6-13(8-11)17(20)21/h2-9H,1H3,(H,16,19). The van der Waals surface area contributed by atoms with Crippen molar-refractivity contribution in [2.75, 3.05) is 5.32 Å². The lowest BCUT2D eigenvalue weighted by atomic mass is 10.2. The third-order valence-corrected chi connectivity index (χ3v) is 2.67. The van der Waals surface area contributed by atoms with Gasteiger partial charge in [0.05, 0.1) is 4.92 Å². The SMILES string of the molecule is CC(=O)Oc1cccc(NC(=O)c2cccc([N+](=O)[O-])c2)c1. The number of benzene rings is 2. The molecule has 1 amide bonds. The van der Waals surface area contributed by atoms with Gasteiger partial charge in [-0.3, -0.25) is 19.7 Å². The highest BCUT2D eigenvalue weighted by molar-refractivity contribution is 6.04. The second kappa shape index (κ2) is 6.49. The van der Waals surface area contributed by atoms with E-state index in [4.69, 9.17) is 4.74 Å². The Bertz CT molecular complexity index is 742. The maximum Gasteiger partial charge on any atom is 0.308 e. The van der Waals surface area contributed by atoms with E-state index in [9.17, 15) is 19.7 Å². The maximum absolute atomic E-state index is 12.1. The number of rotatable bonds is 4. The molecule has 0 heterocycles. The summed E-state index contributed by atoms with van der Waals surface area (Å²) >= 11 is 0. The zero-order chi connectivity index (χ0) is 16.1. The van der Waals surface area contributed by atoms with Crippen LogP contribution in [0.15, 0.2) is 48.5 Å². The first kappa shape index (κ1) is 15.2. The number of non-ortho nitro benzene ring substituents is 1. The molecule has 0 saturated heterocycles. The van der Waals surface area contributed by atoms with Gasteiger partial charge in [-0.1, -0.05) is 12.1 Å². The highest BCUT2D eigenvalue weighted by Gasteiger charge is 2.12. The van der Waals surface area contributed by atoms with Crippen LogP contribution in [0.4, 0.5) is 11.4 Å². The van der Waals surface area contributed by atoms with Crippen molar-refractivity contribution in [2.24, 2.45) is 0 Å². The molecule has 112 valence electrons. The van der Waals surface area contributed by atoms with Gasteiger partial charge in [0.2, 0.25) is 0 Å². The van der Waals surface area contributed by atoms with Crippen molar-refractivity contribution in [3.63, 3.8) is 0 Å². The molecule has 0 spiro atoms. The third-order valence-electron chi connectivity index (χ3n) is 2.67. The molecule has 0 unspecified atom stereocenters. The molecule has 22 heavy (non-hydrogen) atoms. The molecule has 0 aromatic heterocycles. The predicted molar refractivity (Wildman–Crippen MR) is 78.8 cm³/mol. The molecule has 0 atom stereocenters. The normalized spacial score (nSPS) is 9.86. The number of nitro benzene ring substituents is 1. The number of amides is 1. The van der Waals surface area contributed by atoms with Crippen LogP contribution in [-0.4, -0.2) is 16.8 Å². The van der Waals surface area contributed by atoms with Crippen LogP contribution in [0, 0.1) is 10.1 Å². The number of carbonyl (C=O) groups excluding carboxylic acids is 2. The van der Waals surface area contributed by atoms with Crippen molar-refractivity contribution >= 4 is 23.3 Å². The molecule has 2 aromatic carbocycles. The third kappa shape index (κ3) is 3.89. The van der Waals surface area contributed by atoms with Crippen LogP contribution >= 0.6 is 0 Å². The Morgan fingerprint density at radius 3 is 2.55 bits per heavy atom. The summed E-state index contributed by atoms with van der Waals surface area (Å²) in [4.78, 5) is 33.1. The molecule has 0 aliphatic carbocycles. The number of hydrogen-bond donors (Lipinski definition) is 1. The molecule has 0 aliphatic heterocycles. The van der Waals surface area contributed by atoms with E-state index in [1.165, 1.54) is 37.3 Å². The van der Waals surface area contributed by atoms with Crippen molar-refractivity contribution in [1.82, 2.24) is 0 Å². The summed E-state index contributed by atoms with van der Waals surface area (Å²) in [5.74, 6) is -0.671. The van der Waals surface area contributed by atoms with Crippen molar-refractivity contribution in [2.45, 2.75) is 6.92 Å². The van der Waals surface area contributed by atoms with Gasteiger partial charge in [-0.05, 0) is 18.2 Å². The van der Waals surface area contributed by atoms with E-state index in [0.29, 0.717) is 11.4 Å². The van der Waals surface area contributed by atoms with Gasteiger partial charge >= 0.3 is 5.97 Å². The number of ether oxygens (including phenoxy) is 1. The summed E-state index contributed by atoms with van der Waals surface area (Å²) in [7, 11) is 0. The van der Waals surface area contributed by atoms with Gasteiger partial charge in [0.15, 0.2) is 0 Å². The Balaban J connectivity index is 2.16. The van der Waals surface area contributed by atoms with E-state index in [-0.39, 0.29) is 11.3 Å². The lowest BCUT2D eigenvalue weighted by Crippen LogP contribution is -2.12. The van der Waals surface area contributed by atoms with Gasteiger partial charge in [-0.15, -0.1) is 0 Å². The first-order valence-electron chi connectivity index (χ1n) is 6.30. The summed E-state index contributed by atoms with van der Waals surface area (Å²) in [6.45, 7) is 1.27. The highest BCUT2D eigenvalue weighted by atomic mass is 16.6. The van der Waals surface area contributed by atoms with E-state index in [2.05, 4.69) is 5.32 Å². The van der Waals surface area contributed by atoms with Crippen molar-refractivity contribution in [3.05, 3.63) is 64.2 Å². The number of anilines is 1. The fourth-order valence-electron chi connectivity index (χ4n) is 1.77. The van der Waals surface area contributed by atoms with E-state index in [1.807, 2.05) is 0 Å². The second-order valence-corrected chi connectivity index (χ2v) is 4.38. The topological polar surface area (TPSA) is 98.5 Å². The summed E-state index contributed by atoms with van der Waals surface area (Å²) in [6.07, 6.45) is 0. The second-order valence-electron chi connectivity index (χ2n) is 4.38. The summed E-state index contributed by atoms with van der Waals surface area (Å²) < 4.78 is 4.91. The minimum atomic E-state index is -0.571. The van der Waals surface area contributed by atoms with Crippen molar-refractivity contribution in [3.8, 4) is 5.75 Å². The average Bonchev–Trinajstić information content (AvgIpc) is 2.47. The fraction of sp³-hybridized carbons (Fsp3) is 0.0667. The molecule has 1 N–H and O–H groups in total. The molecule has 0 saturated carbocycles. The molecule has 0 radical (unpaired) electrons. The number of nitrogens with one attached hydrogen (secondary N) is 1. The van der Waals surface area contributed by atoms with Crippen molar-refractivity contribution in [1.29, 1.82) is 0 Å². The van der Waals surface area contributed by atoms with E-state index in [0.717, 1.165) is 0 Å². The Morgan fingerprint density at radius 2 is 1.86 bits per heavy atom. The van der Waals surface area contributed by atoms with Crippen LogP contribution in [0.2, 0.25) is 0 Å². The zero-order valence-corrected chi connectivity index (χ0v) is 11.6. The molecular formula is C15H12N2O5. The monoisotopic (exact) mass is 300 g/mol. The molecule has 2 rings (SSSR count). The molecule has 7 heteroatoms. The smallest absolute Gasteiger partial charge is 0.308 e. The van der Waals surface area contributed by atoms with Gasteiger partial charge < -0.3 is 10.1 Å². The average molecular weight is 300 g/mol. The Kier molecular flexibility index (Phi) is 4.47. The molecule has 0 fully saturated rings. The van der Waals surface area contributed by atoms with Gasteiger partial charge in [0.1, 0.15) is 5.75 Å². The first-order chi connectivity index (χ1) is 10.5. The predicted octanol–water partition coefficient (Wildman–Crippen LogP) is 2.77. The zero-order valence-electron chi connectivity index (χ0n) is 11.6. The van der Waals surface area contributed by atoms with Crippen LogP contribution in [-0.2, 0) is 4.79 Å². The highest BCUT2D eigenvalue weighted by Crippen LogP contribution is 2.19. The van der Waals surface area contributed by atoms with Crippen LogP contribution in [0.1, 0.15) is 17.3 Å². The van der Waals surface area contributed by atoms with Crippen LogP contribution in [0.5, 0.6) is 5.75 Å². The number of hydrogen-bond acceptors (Lipinski definition) is 5. The van der Waals surface area contributed by atoms with Crippen molar-refractivity contribution < 1.29 is 19.2 Å². The summed E-state index contributed by atoms with van der Waals surface area (Å²) in [5.41, 5.74) is 0.406. The molecule has 7 nitrogen and oxygen atoms in total. The quantitative estimate of drug-likeness (QED) is 0.405. The lowest BCUT2D eigenvalue weighted by molar-refractivity contribution is -0.384. The minimum Gasteiger partial charge on any atom is -0.427 e.